The lowest BCUT2D eigenvalue weighted by molar-refractivity contribution is -0.154. The highest BCUT2D eigenvalue weighted by Crippen LogP contribution is 2.43. The first-order valence-corrected chi connectivity index (χ1v) is 21.2. The molecular formula is C38H75O9P. The van der Waals surface area contributed by atoms with E-state index in [4.69, 9.17) is 23.6 Å². The Morgan fingerprint density at radius 1 is 0.625 bits per heavy atom. The summed E-state index contributed by atoms with van der Waals surface area (Å²) in [5.74, 6) is -0.383. The number of aliphatic hydroxyl groups excluding tert-OH is 2. The van der Waals surface area contributed by atoms with Crippen LogP contribution in [0.4, 0.5) is 0 Å². The van der Waals surface area contributed by atoms with E-state index in [-0.39, 0.29) is 25.6 Å². The Labute approximate surface area is 294 Å². The second-order valence-electron chi connectivity index (χ2n) is 13.3. The molecule has 0 aliphatic heterocycles. The predicted molar refractivity (Wildman–Crippen MR) is 196 cm³/mol. The third-order valence-corrected chi connectivity index (χ3v) is 9.40. The molecule has 0 radical (unpaired) electrons. The maximum absolute atomic E-state index is 12.5. The Morgan fingerprint density at radius 2 is 1.06 bits per heavy atom. The molecule has 0 rings (SSSR count). The number of allylic oxidation sites excluding steroid dienone is 2. The van der Waals surface area contributed by atoms with Gasteiger partial charge in [-0.1, -0.05) is 148 Å². The molecule has 0 saturated carbocycles. The number of phosphoric acid groups is 1. The summed E-state index contributed by atoms with van der Waals surface area (Å²) >= 11 is 0. The number of hydrogen-bond acceptors (Lipinski definition) is 8. The minimum Gasteiger partial charge on any atom is -0.457 e. The first-order chi connectivity index (χ1) is 23.3. The number of phosphoric ester groups is 1. The summed E-state index contributed by atoms with van der Waals surface area (Å²) in [5.41, 5.74) is 0. The van der Waals surface area contributed by atoms with Gasteiger partial charge in [-0.2, -0.15) is 0 Å². The van der Waals surface area contributed by atoms with Gasteiger partial charge in [0.25, 0.3) is 0 Å². The van der Waals surface area contributed by atoms with E-state index in [1.807, 2.05) is 0 Å². The Morgan fingerprint density at radius 3 is 1.60 bits per heavy atom. The summed E-state index contributed by atoms with van der Waals surface area (Å²) in [4.78, 5) is 22.5. The van der Waals surface area contributed by atoms with Crippen LogP contribution in [0.1, 0.15) is 181 Å². The molecule has 0 heterocycles. The fourth-order valence-corrected chi connectivity index (χ4v) is 6.20. The third-order valence-electron chi connectivity index (χ3n) is 8.45. The molecule has 0 aliphatic rings. The molecule has 0 fully saturated rings. The number of unbranched alkanes of at least 4 members (excludes halogenated alkanes) is 22. The molecule has 0 aromatic heterocycles. The molecule has 0 aromatic carbocycles. The maximum Gasteiger partial charge on any atom is 0.472 e. The van der Waals surface area contributed by atoms with E-state index in [0.717, 1.165) is 44.9 Å². The summed E-state index contributed by atoms with van der Waals surface area (Å²) in [6, 6.07) is 0. The monoisotopic (exact) mass is 707 g/mol. The van der Waals surface area contributed by atoms with Crippen LogP contribution in [-0.4, -0.2) is 66.3 Å². The smallest absolute Gasteiger partial charge is 0.457 e. The zero-order valence-corrected chi connectivity index (χ0v) is 31.9. The molecular weight excluding hydrogens is 631 g/mol. The Hall–Kier alpha value is -0.800. The van der Waals surface area contributed by atoms with Gasteiger partial charge in [0.2, 0.25) is 0 Å². The number of carbonyl (C=O) groups excluding carboxylic acids is 1. The first kappa shape index (κ1) is 47.2. The largest absolute Gasteiger partial charge is 0.472 e. The molecule has 0 saturated heterocycles. The zero-order chi connectivity index (χ0) is 35.4. The molecule has 3 atom stereocenters. The Bertz CT molecular complexity index is 764. The van der Waals surface area contributed by atoms with Crippen molar-refractivity contribution in [1.82, 2.24) is 0 Å². The van der Waals surface area contributed by atoms with Crippen molar-refractivity contribution in [3.8, 4) is 0 Å². The summed E-state index contributed by atoms with van der Waals surface area (Å²) in [6.07, 6.45) is 33.0. The van der Waals surface area contributed by atoms with Gasteiger partial charge < -0.3 is 24.6 Å². The summed E-state index contributed by atoms with van der Waals surface area (Å²) in [6.45, 7) is 3.50. The van der Waals surface area contributed by atoms with Crippen molar-refractivity contribution in [2.75, 3.05) is 33.0 Å². The van der Waals surface area contributed by atoms with Gasteiger partial charge in [0, 0.05) is 13.0 Å². The fourth-order valence-electron chi connectivity index (χ4n) is 5.41. The lowest BCUT2D eigenvalue weighted by Crippen LogP contribution is -2.29. The van der Waals surface area contributed by atoms with Crippen molar-refractivity contribution in [1.29, 1.82) is 0 Å². The number of hydrogen-bond donors (Lipinski definition) is 3. The van der Waals surface area contributed by atoms with E-state index < -0.39 is 33.2 Å². The number of ether oxygens (including phenoxy) is 2. The van der Waals surface area contributed by atoms with Crippen LogP contribution in [0.3, 0.4) is 0 Å². The molecule has 9 nitrogen and oxygen atoms in total. The lowest BCUT2D eigenvalue weighted by Gasteiger charge is -2.20. The molecule has 286 valence electrons. The molecule has 3 unspecified atom stereocenters. The van der Waals surface area contributed by atoms with Crippen LogP contribution in [0.2, 0.25) is 0 Å². The van der Waals surface area contributed by atoms with E-state index in [0.29, 0.717) is 6.61 Å². The second-order valence-corrected chi connectivity index (χ2v) is 14.8. The van der Waals surface area contributed by atoms with E-state index >= 15 is 0 Å². The van der Waals surface area contributed by atoms with Crippen molar-refractivity contribution in [2.45, 2.75) is 193 Å². The summed E-state index contributed by atoms with van der Waals surface area (Å²) < 4.78 is 33.2. The standard InChI is InChI=1S/C38H75O9P/c1-3-5-7-9-11-13-15-17-18-20-22-24-26-28-30-38(41)47-37(35-46-48(42,43)45-33-36(40)32-39)34-44-31-29-27-25-23-21-19-16-14-12-10-8-6-4-2/h12,14,36-37,39-40H,3-11,13,15-35H2,1-2H3,(H,42,43)/b14-12-. The van der Waals surface area contributed by atoms with Crippen LogP contribution in [0, 0.1) is 0 Å². The molecule has 0 bridgehead atoms. The predicted octanol–water partition coefficient (Wildman–Crippen LogP) is 10.1. The molecule has 0 aromatic rings. The zero-order valence-electron chi connectivity index (χ0n) is 31.0. The second kappa shape index (κ2) is 36.0. The van der Waals surface area contributed by atoms with Crippen LogP contribution in [0.5, 0.6) is 0 Å². The van der Waals surface area contributed by atoms with Gasteiger partial charge in [-0.15, -0.1) is 0 Å². The van der Waals surface area contributed by atoms with Gasteiger partial charge in [0.15, 0.2) is 0 Å². The lowest BCUT2D eigenvalue weighted by atomic mass is 10.0. The topological polar surface area (TPSA) is 132 Å². The van der Waals surface area contributed by atoms with Crippen molar-refractivity contribution in [2.24, 2.45) is 0 Å². The normalized spacial score (nSPS) is 14.4. The van der Waals surface area contributed by atoms with Crippen molar-refractivity contribution >= 4 is 13.8 Å². The van der Waals surface area contributed by atoms with Crippen molar-refractivity contribution in [3.05, 3.63) is 12.2 Å². The number of rotatable bonds is 38. The highest BCUT2D eigenvalue weighted by atomic mass is 31.2. The number of carbonyl (C=O) groups is 1. The molecule has 0 amide bonds. The van der Waals surface area contributed by atoms with Crippen LogP contribution >= 0.6 is 7.82 Å². The van der Waals surface area contributed by atoms with E-state index in [2.05, 4.69) is 26.0 Å². The minimum atomic E-state index is -4.51. The van der Waals surface area contributed by atoms with Gasteiger partial charge in [0.1, 0.15) is 12.2 Å². The third kappa shape index (κ3) is 35.0. The highest BCUT2D eigenvalue weighted by Gasteiger charge is 2.26. The van der Waals surface area contributed by atoms with Crippen LogP contribution < -0.4 is 0 Å². The van der Waals surface area contributed by atoms with Crippen LogP contribution in [0.25, 0.3) is 0 Å². The molecule has 0 spiro atoms. The number of esters is 1. The summed E-state index contributed by atoms with van der Waals surface area (Å²) in [7, 11) is -4.51. The van der Waals surface area contributed by atoms with Crippen molar-refractivity contribution in [3.63, 3.8) is 0 Å². The Kier molecular flexibility index (Phi) is 35.4. The molecule has 10 heteroatoms. The fraction of sp³-hybridized carbons (Fsp3) is 0.921. The quantitative estimate of drug-likeness (QED) is 0.0248. The van der Waals surface area contributed by atoms with Crippen LogP contribution in [0.15, 0.2) is 12.2 Å². The number of aliphatic hydroxyl groups is 2. The molecule has 0 aliphatic carbocycles. The van der Waals surface area contributed by atoms with Gasteiger partial charge >= 0.3 is 13.8 Å². The maximum atomic E-state index is 12.5. The minimum absolute atomic E-state index is 0.0499. The first-order valence-electron chi connectivity index (χ1n) is 19.7. The van der Waals surface area contributed by atoms with Crippen molar-refractivity contribution < 1.29 is 43.0 Å². The SMILES string of the molecule is CCCCC/C=C\CCCCCCCCOCC(COP(=O)(O)OCC(O)CO)OC(=O)CCCCCCCCCCCCCCCC. The van der Waals surface area contributed by atoms with Crippen LogP contribution in [-0.2, 0) is 27.9 Å². The van der Waals surface area contributed by atoms with Gasteiger partial charge in [-0.25, -0.2) is 4.57 Å². The van der Waals surface area contributed by atoms with E-state index in [1.54, 1.807) is 0 Å². The van der Waals surface area contributed by atoms with Gasteiger partial charge in [0.05, 0.1) is 26.4 Å². The van der Waals surface area contributed by atoms with Gasteiger partial charge in [-0.05, 0) is 38.5 Å². The Balaban J connectivity index is 4.21. The summed E-state index contributed by atoms with van der Waals surface area (Å²) in [5, 5.41) is 18.3. The molecule has 3 N–H and O–H groups in total. The van der Waals surface area contributed by atoms with E-state index in [1.165, 1.54) is 116 Å². The molecule has 48 heavy (non-hydrogen) atoms. The average Bonchev–Trinajstić information content (AvgIpc) is 3.07. The highest BCUT2D eigenvalue weighted by molar-refractivity contribution is 7.47. The van der Waals surface area contributed by atoms with E-state index in [9.17, 15) is 19.4 Å². The van der Waals surface area contributed by atoms with Gasteiger partial charge in [-0.3, -0.25) is 13.8 Å². The average molecular weight is 707 g/mol.